The number of amides is 3. The first-order valence-electron chi connectivity index (χ1n) is 11.8. The van der Waals surface area contributed by atoms with E-state index in [1.165, 1.54) is 11.3 Å². The third-order valence-corrected chi connectivity index (χ3v) is 7.17. The van der Waals surface area contributed by atoms with E-state index in [0.717, 1.165) is 63.8 Å². The third-order valence-electron chi connectivity index (χ3n) is 7.17. The molecule has 3 amide bonds. The number of anilines is 1. The zero-order valence-electron chi connectivity index (χ0n) is 18.1. The number of rotatable bonds is 4. The molecule has 31 heavy (non-hydrogen) atoms. The summed E-state index contributed by atoms with van der Waals surface area (Å²) in [5.74, 6) is -0.247. The maximum Gasteiger partial charge on any atom is 0.263 e. The quantitative estimate of drug-likeness (QED) is 0.694. The van der Waals surface area contributed by atoms with Crippen molar-refractivity contribution < 1.29 is 19.1 Å². The minimum Gasteiger partial charge on any atom is -0.376 e. The van der Waals surface area contributed by atoms with Crippen LogP contribution in [0.2, 0.25) is 0 Å². The van der Waals surface area contributed by atoms with Crippen LogP contribution in [0.1, 0.15) is 65.7 Å². The second-order valence-corrected chi connectivity index (χ2v) is 9.23. The molecule has 4 aliphatic rings. The average Bonchev–Trinajstić information content (AvgIpc) is 3.42. The standard InChI is InChI=1S/C24H31N3O4/c28-22(25-11-2-1-3-12-25)17-7-5-13-26(15-17)20-10-4-9-19-21(20)24(30)27(23(19)29)16-18-8-6-14-31-18/h4,9-10,17-18H,1-3,5-8,11-16H2. The van der Waals surface area contributed by atoms with Crippen molar-refractivity contribution >= 4 is 23.4 Å². The molecule has 2 unspecified atom stereocenters. The zero-order valence-corrected chi connectivity index (χ0v) is 18.1. The largest absolute Gasteiger partial charge is 0.376 e. The molecule has 7 heteroatoms. The van der Waals surface area contributed by atoms with Gasteiger partial charge in [0.15, 0.2) is 0 Å². The Morgan fingerprint density at radius 1 is 0.968 bits per heavy atom. The second kappa shape index (κ2) is 8.61. The van der Waals surface area contributed by atoms with Crippen LogP contribution in [0.25, 0.3) is 0 Å². The molecule has 4 aliphatic heterocycles. The van der Waals surface area contributed by atoms with Gasteiger partial charge in [-0.05, 0) is 57.1 Å². The van der Waals surface area contributed by atoms with Crippen LogP contribution < -0.4 is 4.90 Å². The Bertz CT molecular complexity index is 874. The first kappa shape index (κ1) is 20.5. The summed E-state index contributed by atoms with van der Waals surface area (Å²) in [6.07, 6.45) is 6.97. The lowest BCUT2D eigenvalue weighted by Crippen LogP contribution is -2.46. The van der Waals surface area contributed by atoms with Crippen molar-refractivity contribution in [3.63, 3.8) is 0 Å². The lowest BCUT2D eigenvalue weighted by Gasteiger charge is -2.37. The fraction of sp³-hybridized carbons (Fsp3) is 0.625. The first-order valence-corrected chi connectivity index (χ1v) is 11.8. The van der Waals surface area contributed by atoms with Gasteiger partial charge in [-0.25, -0.2) is 0 Å². The minimum atomic E-state index is -0.227. The van der Waals surface area contributed by atoms with Crippen LogP contribution >= 0.6 is 0 Å². The molecule has 4 heterocycles. The summed E-state index contributed by atoms with van der Waals surface area (Å²) in [6.45, 7) is 4.15. The molecule has 0 aliphatic carbocycles. The van der Waals surface area contributed by atoms with E-state index >= 15 is 0 Å². The van der Waals surface area contributed by atoms with Crippen molar-refractivity contribution in [2.24, 2.45) is 5.92 Å². The van der Waals surface area contributed by atoms with Gasteiger partial charge in [-0.2, -0.15) is 0 Å². The Balaban J connectivity index is 1.35. The molecular weight excluding hydrogens is 394 g/mol. The Labute approximate surface area is 183 Å². The molecule has 7 nitrogen and oxygen atoms in total. The molecule has 2 atom stereocenters. The maximum absolute atomic E-state index is 13.3. The van der Waals surface area contributed by atoms with Gasteiger partial charge in [0.1, 0.15) is 0 Å². The maximum atomic E-state index is 13.3. The summed E-state index contributed by atoms with van der Waals surface area (Å²) in [4.78, 5) is 44.8. The summed E-state index contributed by atoms with van der Waals surface area (Å²) in [6, 6.07) is 5.52. The number of likely N-dealkylation sites (tertiary alicyclic amines) is 1. The molecule has 0 N–H and O–H groups in total. The number of fused-ring (bicyclic) bond motifs is 1. The van der Waals surface area contributed by atoms with Crippen molar-refractivity contribution in [2.75, 3.05) is 44.2 Å². The number of carbonyl (C=O) groups is 3. The third kappa shape index (κ3) is 3.84. The fourth-order valence-corrected chi connectivity index (χ4v) is 5.51. The molecule has 166 valence electrons. The highest BCUT2D eigenvalue weighted by Crippen LogP contribution is 2.35. The Morgan fingerprint density at radius 3 is 2.58 bits per heavy atom. The van der Waals surface area contributed by atoms with Crippen molar-refractivity contribution in [3.8, 4) is 0 Å². The van der Waals surface area contributed by atoms with E-state index in [-0.39, 0.29) is 29.7 Å². The SMILES string of the molecule is O=C(C1CCCN(c2cccc3c2C(=O)N(CC2CCCO2)C3=O)C1)N1CCCCC1. The summed E-state index contributed by atoms with van der Waals surface area (Å²) in [5.41, 5.74) is 1.77. The van der Waals surface area contributed by atoms with Gasteiger partial charge in [-0.15, -0.1) is 0 Å². The molecule has 0 bridgehead atoms. The van der Waals surface area contributed by atoms with Crippen LogP contribution in [0.5, 0.6) is 0 Å². The number of ether oxygens (including phenoxy) is 1. The van der Waals surface area contributed by atoms with Crippen molar-refractivity contribution in [2.45, 2.75) is 51.0 Å². The molecular formula is C24H31N3O4. The van der Waals surface area contributed by atoms with Gasteiger partial charge < -0.3 is 14.5 Å². The van der Waals surface area contributed by atoms with Crippen molar-refractivity contribution in [1.29, 1.82) is 0 Å². The van der Waals surface area contributed by atoms with Gasteiger partial charge >= 0.3 is 0 Å². The molecule has 1 aromatic carbocycles. The van der Waals surface area contributed by atoms with E-state index in [9.17, 15) is 14.4 Å². The van der Waals surface area contributed by atoms with Crippen molar-refractivity contribution in [1.82, 2.24) is 9.80 Å². The van der Waals surface area contributed by atoms with Gasteiger partial charge in [0.25, 0.3) is 11.8 Å². The highest BCUT2D eigenvalue weighted by Gasteiger charge is 2.41. The van der Waals surface area contributed by atoms with Crippen LogP contribution in [-0.2, 0) is 9.53 Å². The fourth-order valence-electron chi connectivity index (χ4n) is 5.51. The van der Waals surface area contributed by atoms with E-state index < -0.39 is 0 Å². The van der Waals surface area contributed by atoms with Crippen LogP contribution in [0.4, 0.5) is 5.69 Å². The topological polar surface area (TPSA) is 70.2 Å². The van der Waals surface area contributed by atoms with E-state index in [0.29, 0.717) is 30.8 Å². The Kier molecular flexibility index (Phi) is 5.69. The number of imide groups is 1. The Hall–Kier alpha value is -2.41. The van der Waals surface area contributed by atoms with Crippen LogP contribution in [0, 0.1) is 5.92 Å². The highest BCUT2D eigenvalue weighted by molar-refractivity contribution is 6.23. The molecule has 3 fully saturated rings. The van der Waals surface area contributed by atoms with Gasteiger partial charge in [-0.3, -0.25) is 19.3 Å². The number of hydrogen-bond donors (Lipinski definition) is 0. The number of benzene rings is 1. The van der Waals surface area contributed by atoms with E-state index in [4.69, 9.17) is 4.74 Å². The molecule has 0 spiro atoms. The first-order chi connectivity index (χ1) is 15.1. The number of nitrogens with zero attached hydrogens (tertiary/aromatic N) is 3. The lowest BCUT2D eigenvalue weighted by atomic mass is 9.94. The predicted molar refractivity (Wildman–Crippen MR) is 116 cm³/mol. The summed E-state index contributed by atoms with van der Waals surface area (Å²) in [5, 5.41) is 0. The number of piperidine rings is 2. The van der Waals surface area contributed by atoms with Crippen molar-refractivity contribution in [3.05, 3.63) is 29.3 Å². The normalized spacial score (nSPS) is 26.5. The monoisotopic (exact) mass is 425 g/mol. The Morgan fingerprint density at radius 2 is 1.81 bits per heavy atom. The lowest BCUT2D eigenvalue weighted by molar-refractivity contribution is -0.136. The molecule has 0 aromatic heterocycles. The molecule has 3 saturated heterocycles. The van der Waals surface area contributed by atoms with E-state index in [2.05, 4.69) is 4.90 Å². The van der Waals surface area contributed by atoms with Crippen LogP contribution in [0.15, 0.2) is 18.2 Å². The minimum absolute atomic E-state index is 0.0436. The van der Waals surface area contributed by atoms with Gasteiger partial charge in [-0.1, -0.05) is 6.07 Å². The van der Waals surface area contributed by atoms with E-state index in [1.54, 1.807) is 6.07 Å². The summed E-state index contributed by atoms with van der Waals surface area (Å²) >= 11 is 0. The smallest absolute Gasteiger partial charge is 0.263 e. The van der Waals surface area contributed by atoms with Gasteiger partial charge in [0.05, 0.1) is 35.4 Å². The van der Waals surface area contributed by atoms with Crippen LogP contribution in [0.3, 0.4) is 0 Å². The number of carbonyl (C=O) groups excluding carboxylic acids is 3. The second-order valence-electron chi connectivity index (χ2n) is 9.23. The molecule has 0 saturated carbocycles. The predicted octanol–water partition coefficient (Wildman–Crippen LogP) is 2.69. The highest BCUT2D eigenvalue weighted by atomic mass is 16.5. The van der Waals surface area contributed by atoms with Crippen LogP contribution in [-0.4, -0.2) is 73.0 Å². The summed E-state index contributed by atoms with van der Waals surface area (Å²) in [7, 11) is 0. The molecule has 5 rings (SSSR count). The summed E-state index contributed by atoms with van der Waals surface area (Å²) < 4.78 is 5.66. The van der Waals surface area contributed by atoms with E-state index in [1.807, 2.05) is 17.0 Å². The van der Waals surface area contributed by atoms with Gasteiger partial charge in [0, 0.05) is 32.8 Å². The molecule has 1 aromatic rings. The van der Waals surface area contributed by atoms with Gasteiger partial charge in [0.2, 0.25) is 5.91 Å². The number of hydrogen-bond acceptors (Lipinski definition) is 5. The molecule has 0 radical (unpaired) electrons. The zero-order chi connectivity index (χ0) is 21.4. The average molecular weight is 426 g/mol.